The molecule has 1 aliphatic heterocycles. The number of para-hydroxylation sites is 2. The highest BCUT2D eigenvalue weighted by Crippen LogP contribution is 2.39. The average Bonchev–Trinajstić information content (AvgIpc) is 3.09. The maximum absolute atomic E-state index is 12.7. The number of nitrogens with zero attached hydrogens (tertiary/aromatic N) is 2. The van der Waals surface area contributed by atoms with Gasteiger partial charge >= 0.3 is 5.97 Å². The molecule has 0 saturated carbocycles. The van der Waals surface area contributed by atoms with Gasteiger partial charge in [0.2, 0.25) is 0 Å². The Hall–Kier alpha value is -4.61. The van der Waals surface area contributed by atoms with Gasteiger partial charge in [-0.15, -0.1) is 11.8 Å². The lowest BCUT2D eigenvalue weighted by atomic mass is 10.0. The Bertz CT molecular complexity index is 1780. The van der Waals surface area contributed by atoms with Crippen LogP contribution in [0.1, 0.15) is 61.9 Å². The van der Waals surface area contributed by atoms with Gasteiger partial charge in [0.05, 0.1) is 41.6 Å². The molecule has 0 bridgehead atoms. The number of thioether (sulfide) groups is 1. The van der Waals surface area contributed by atoms with Crippen LogP contribution in [0, 0.1) is 0 Å². The van der Waals surface area contributed by atoms with E-state index in [1.807, 2.05) is 72.8 Å². The van der Waals surface area contributed by atoms with Gasteiger partial charge < -0.3 is 25.0 Å². The van der Waals surface area contributed by atoms with Crippen LogP contribution in [0.4, 0.5) is 0 Å². The van der Waals surface area contributed by atoms with Crippen LogP contribution in [0.2, 0.25) is 0 Å². The highest BCUT2D eigenvalue weighted by atomic mass is 32.2. The first-order valence-corrected chi connectivity index (χ1v) is 15.5. The standard InChI is InChI=1S/C35H31N3O6S/c39-20-23-7-9-24(10-8-23)32-17-27(21-45-28-15-13-25(14-16-28)34(41)42)43-35(44-32)26-11-5-22(6-12-26)18-37-33(40)31-19-36-29-3-1-2-4-30(29)38-31/h1-16,19,27,32,35,39H,17-18,20-21H2,(H,37,40)(H,41,42)/t27-,32+,35+/m1/s1. The molecule has 1 aliphatic rings. The first-order chi connectivity index (χ1) is 21.9. The van der Waals surface area contributed by atoms with Crippen molar-refractivity contribution >= 4 is 34.7 Å². The number of ether oxygens (including phenoxy) is 2. The number of nitrogens with one attached hydrogen (secondary N) is 1. The lowest BCUT2D eigenvalue weighted by Gasteiger charge is -2.36. The summed E-state index contributed by atoms with van der Waals surface area (Å²) in [6.45, 7) is 0.291. The van der Waals surface area contributed by atoms with E-state index in [-0.39, 0.29) is 36.0 Å². The van der Waals surface area contributed by atoms with E-state index in [0.717, 1.165) is 32.7 Å². The molecule has 1 aromatic heterocycles. The van der Waals surface area contributed by atoms with Crippen LogP contribution in [0.5, 0.6) is 0 Å². The number of amides is 1. The number of carboxylic acid groups (broad SMARTS) is 1. The fourth-order valence-electron chi connectivity index (χ4n) is 5.04. The Kier molecular flexibility index (Phi) is 9.46. The quantitative estimate of drug-likeness (QED) is 0.159. The van der Waals surface area contributed by atoms with Gasteiger partial charge in [0.1, 0.15) is 5.69 Å². The fraction of sp³-hybridized carbons (Fsp3) is 0.200. The number of hydrogen-bond donors (Lipinski definition) is 3. The fourth-order valence-corrected chi connectivity index (χ4v) is 5.96. The number of aromatic nitrogens is 2. The van der Waals surface area contributed by atoms with Gasteiger partial charge in [-0.25, -0.2) is 9.78 Å². The number of carbonyl (C=O) groups is 2. The lowest BCUT2D eigenvalue weighted by Crippen LogP contribution is -2.31. The lowest BCUT2D eigenvalue weighted by molar-refractivity contribution is -0.245. The predicted molar refractivity (Wildman–Crippen MR) is 170 cm³/mol. The summed E-state index contributed by atoms with van der Waals surface area (Å²) in [6, 6.07) is 29.7. The third kappa shape index (κ3) is 7.55. The number of aliphatic hydroxyl groups is 1. The van der Waals surface area contributed by atoms with Crippen molar-refractivity contribution in [2.24, 2.45) is 0 Å². The maximum Gasteiger partial charge on any atom is 0.335 e. The summed E-state index contributed by atoms with van der Waals surface area (Å²) < 4.78 is 12.9. The molecule has 1 amide bonds. The predicted octanol–water partition coefficient (Wildman–Crippen LogP) is 6.09. The first-order valence-electron chi connectivity index (χ1n) is 14.5. The molecule has 3 N–H and O–H groups in total. The van der Waals surface area contributed by atoms with Crippen LogP contribution in [-0.4, -0.2) is 43.9 Å². The van der Waals surface area contributed by atoms with E-state index in [4.69, 9.17) is 9.47 Å². The number of carboxylic acids is 1. The van der Waals surface area contributed by atoms with Crippen LogP contribution >= 0.6 is 11.8 Å². The summed E-state index contributed by atoms with van der Waals surface area (Å²) in [5, 5.41) is 21.6. The van der Waals surface area contributed by atoms with E-state index in [1.54, 1.807) is 36.0 Å². The Morgan fingerprint density at radius 2 is 1.53 bits per heavy atom. The number of aromatic carboxylic acids is 1. The van der Waals surface area contributed by atoms with Crippen LogP contribution in [-0.2, 0) is 22.6 Å². The highest BCUT2D eigenvalue weighted by molar-refractivity contribution is 7.99. The van der Waals surface area contributed by atoms with Crippen LogP contribution in [0.3, 0.4) is 0 Å². The van der Waals surface area contributed by atoms with E-state index in [9.17, 15) is 19.8 Å². The van der Waals surface area contributed by atoms with E-state index in [2.05, 4.69) is 15.3 Å². The molecule has 0 unspecified atom stereocenters. The molecule has 1 saturated heterocycles. The number of hydrogen-bond acceptors (Lipinski definition) is 8. The van der Waals surface area contributed by atoms with Crippen LogP contribution < -0.4 is 5.32 Å². The Morgan fingerprint density at radius 3 is 2.24 bits per heavy atom. The summed E-state index contributed by atoms with van der Waals surface area (Å²) in [5.41, 5.74) is 5.49. The topological polar surface area (TPSA) is 131 Å². The molecule has 4 aromatic carbocycles. The van der Waals surface area contributed by atoms with Gasteiger partial charge in [0, 0.05) is 29.2 Å². The van der Waals surface area contributed by atoms with Crippen molar-refractivity contribution in [1.82, 2.24) is 15.3 Å². The maximum atomic E-state index is 12.7. The number of benzene rings is 4. The van der Waals surface area contributed by atoms with Crippen molar-refractivity contribution in [3.63, 3.8) is 0 Å². The minimum Gasteiger partial charge on any atom is -0.478 e. The van der Waals surface area contributed by atoms with Crippen LogP contribution in [0.25, 0.3) is 11.0 Å². The molecule has 2 heterocycles. The molecular weight excluding hydrogens is 590 g/mol. The summed E-state index contributed by atoms with van der Waals surface area (Å²) in [4.78, 5) is 33.6. The van der Waals surface area contributed by atoms with Crippen molar-refractivity contribution in [3.05, 3.63) is 137 Å². The van der Waals surface area contributed by atoms with E-state index in [1.165, 1.54) is 6.20 Å². The summed E-state index contributed by atoms with van der Waals surface area (Å²) in [6.07, 6.45) is 1.14. The van der Waals surface area contributed by atoms with Gasteiger partial charge in [0.25, 0.3) is 5.91 Å². The van der Waals surface area contributed by atoms with E-state index >= 15 is 0 Å². The van der Waals surface area contributed by atoms with Crippen molar-refractivity contribution in [1.29, 1.82) is 0 Å². The molecule has 0 aliphatic carbocycles. The molecule has 45 heavy (non-hydrogen) atoms. The van der Waals surface area contributed by atoms with Crippen molar-refractivity contribution in [2.75, 3.05) is 5.75 Å². The van der Waals surface area contributed by atoms with E-state index in [0.29, 0.717) is 24.2 Å². The largest absolute Gasteiger partial charge is 0.478 e. The van der Waals surface area contributed by atoms with E-state index < -0.39 is 12.3 Å². The molecule has 10 heteroatoms. The molecule has 5 aromatic rings. The van der Waals surface area contributed by atoms with Gasteiger partial charge in [-0.2, -0.15) is 0 Å². The zero-order chi connectivity index (χ0) is 31.2. The Labute approximate surface area is 264 Å². The minimum atomic E-state index is -0.954. The third-order valence-electron chi connectivity index (χ3n) is 7.54. The van der Waals surface area contributed by atoms with Crippen molar-refractivity contribution in [3.8, 4) is 0 Å². The Balaban J connectivity index is 1.12. The minimum absolute atomic E-state index is 0.0278. The first kappa shape index (κ1) is 30.4. The molecule has 6 rings (SSSR count). The number of aliphatic hydroxyl groups excluding tert-OH is 1. The second kappa shape index (κ2) is 14.0. The Morgan fingerprint density at radius 1 is 0.844 bits per heavy atom. The van der Waals surface area contributed by atoms with Crippen molar-refractivity contribution < 1.29 is 29.3 Å². The van der Waals surface area contributed by atoms with Gasteiger partial charge in [-0.1, -0.05) is 60.7 Å². The normalized spacial score (nSPS) is 18.0. The molecule has 9 nitrogen and oxygen atoms in total. The molecule has 228 valence electrons. The molecule has 1 fully saturated rings. The molecule has 3 atom stereocenters. The third-order valence-corrected chi connectivity index (χ3v) is 8.68. The second-order valence-corrected chi connectivity index (χ2v) is 11.8. The monoisotopic (exact) mass is 621 g/mol. The zero-order valence-electron chi connectivity index (χ0n) is 24.2. The number of carbonyl (C=O) groups excluding carboxylic acids is 1. The molecular formula is C35H31N3O6S. The smallest absolute Gasteiger partial charge is 0.335 e. The van der Waals surface area contributed by atoms with Gasteiger partial charge in [-0.3, -0.25) is 9.78 Å². The average molecular weight is 622 g/mol. The SMILES string of the molecule is O=C(O)c1ccc(SC[C@H]2C[C@@H](c3ccc(CO)cc3)O[C@@H](c3ccc(CNC(=O)c4cnc5ccccc5n4)cc3)O2)cc1. The van der Waals surface area contributed by atoms with Crippen molar-refractivity contribution in [2.45, 2.75) is 43.0 Å². The molecule has 0 radical (unpaired) electrons. The number of rotatable bonds is 10. The molecule has 0 spiro atoms. The van der Waals surface area contributed by atoms with Gasteiger partial charge in [0.15, 0.2) is 6.29 Å². The summed E-state index contributed by atoms with van der Waals surface area (Å²) >= 11 is 1.60. The second-order valence-electron chi connectivity index (χ2n) is 10.7. The zero-order valence-corrected chi connectivity index (χ0v) is 25.0. The summed E-state index contributed by atoms with van der Waals surface area (Å²) in [7, 11) is 0. The van der Waals surface area contributed by atoms with Gasteiger partial charge in [-0.05, 0) is 53.1 Å². The highest BCUT2D eigenvalue weighted by Gasteiger charge is 2.32. The summed E-state index contributed by atoms with van der Waals surface area (Å²) in [5.74, 6) is -0.603. The van der Waals surface area contributed by atoms with Crippen LogP contribution in [0.15, 0.2) is 108 Å². The number of fused-ring (bicyclic) bond motifs is 1.